The Morgan fingerprint density at radius 1 is 1.53 bits per heavy atom. The first kappa shape index (κ1) is 13.3. The van der Waals surface area contributed by atoms with Crippen LogP contribution in [-0.4, -0.2) is 22.0 Å². The topological polar surface area (TPSA) is 63.8 Å². The number of rotatable bonds is 4. The van der Waals surface area contributed by atoms with Crippen molar-refractivity contribution < 1.29 is 9.94 Å². The molecule has 1 aromatic heterocycles. The molecule has 0 aliphatic heterocycles. The lowest BCUT2D eigenvalue weighted by Gasteiger charge is -2.10. The Morgan fingerprint density at radius 2 is 2.18 bits per heavy atom. The Kier molecular flexibility index (Phi) is 4.31. The van der Waals surface area contributed by atoms with Crippen LogP contribution in [0.5, 0.6) is 5.75 Å². The summed E-state index contributed by atoms with van der Waals surface area (Å²) >= 11 is 0. The number of oxime groups is 1. The van der Waals surface area contributed by atoms with E-state index in [1.807, 2.05) is 13.8 Å². The van der Waals surface area contributed by atoms with Crippen LogP contribution in [0.2, 0.25) is 0 Å². The van der Waals surface area contributed by atoms with Gasteiger partial charge in [0.1, 0.15) is 17.9 Å². The molecular weight excluding hydrogens is 220 g/mol. The van der Waals surface area contributed by atoms with Gasteiger partial charge in [-0.3, -0.25) is 4.79 Å². The van der Waals surface area contributed by atoms with Gasteiger partial charge in [0.2, 0.25) is 0 Å². The average molecular weight is 238 g/mol. The molecule has 1 heterocycles. The maximum Gasteiger partial charge on any atom is 0.263 e. The van der Waals surface area contributed by atoms with Crippen LogP contribution in [0.25, 0.3) is 0 Å². The highest BCUT2D eigenvalue weighted by molar-refractivity contribution is 6.01. The maximum atomic E-state index is 12.0. The standard InChI is InChI=1S/C12H18N2O3/c1-5-9(13-17-6-2)11-10(15)7-8(3)14(4)12(11)16/h7,15H,5-6H2,1-4H3. The van der Waals surface area contributed by atoms with E-state index in [0.29, 0.717) is 24.4 Å². The van der Waals surface area contributed by atoms with Crippen molar-refractivity contribution in [2.75, 3.05) is 6.61 Å². The second kappa shape index (κ2) is 5.52. The largest absolute Gasteiger partial charge is 0.507 e. The van der Waals surface area contributed by atoms with Crippen molar-refractivity contribution in [2.45, 2.75) is 27.2 Å². The van der Waals surface area contributed by atoms with Gasteiger partial charge in [-0.05, 0) is 20.3 Å². The smallest absolute Gasteiger partial charge is 0.263 e. The monoisotopic (exact) mass is 238 g/mol. The Hall–Kier alpha value is -1.78. The highest BCUT2D eigenvalue weighted by Crippen LogP contribution is 2.16. The Labute approximate surface area is 100 Å². The lowest BCUT2D eigenvalue weighted by atomic mass is 10.1. The van der Waals surface area contributed by atoms with E-state index in [0.717, 1.165) is 0 Å². The molecule has 0 aliphatic rings. The fraction of sp³-hybridized carbons (Fsp3) is 0.500. The fourth-order valence-corrected chi connectivity index (χ4v) is 1.50. The van der Waals surface area contributed by atoms with E-state index < -0.39 is 0 Å². The second-order valence-electron chi connectivity index (χ2n) is 3.72. The summed E-state index contributed by atoms with van der Waals surface area (Å²) in [5.74, 6) is -0.0501. The summed E-state index contributed by atoms with van der Waals surface area (Å²) in [4.78, 5) is 17.0. The number of pyridine rings is 1. The van der Waals surface area contributed by atoms with Crippen LogP contribution in [0.15, 0.2) is 16.0 Å². The lowest BCUT2D eigenvalue weighted by molar-refractivity contribution is 0.158. The van der Waals surface area contributed by atoms with Gasteiger partial charge >= 0.3 is 0 Å². The van der Waals surface area contributed by atoms with Crippen LogP contribution >= 0.6 is 0 Å². The molecule has 0 unspecified atom stereocenters. The van der Waals surface area contributed by atoms with Crippen LogP contribution in [0, 0.1) is 6.92 Å². The van der Waals surface area contributed by atoms with Crippen molar-refractivity contribution in [1.82, 2.24) is 4.57 Å². The van der Waals surface area contributed by atoms with Gasteiger partial charge in [0, 0.05) is 18.8 Å². The summed E-state index contributed by atoms with van der Waals surface area (Å²) in [5, 5.41) is 13.7. The summed E-state index contributed by atoms with van der Waals surface area (Å²) in [7, 11) is 1.66. The van der Waals surface area contributed by atoms with Gasteiger partial charge in [0.25, 0.3) is 5.56 Å². The van der Waals surface area contributed by atoms with Gasteiger partial charge in [-0.15, -0.1) is 0 Å². The maximum absolute atomic E-state index is 12.0. The lowest BCUT2D eigenvalue weighted by Crippen LogP contribution is -2.26. The molecule has 1 N–H and O–H groups in total. The summed E-state index contributed by atoms with van der Waals surface area (Å²) in [6.45, 7) is 5.85. The third kappa shape index (κ3) is 2.67. The van der Waals surface area contributed by atoms with Gasteiger partial charge < -0.3 is 14.5 Å². The minimum Gasteiger partial charge on any atom is -0.507 e. The molecule has 17 heavy (non-hydrogen) atoms. The van der Waals surface area contributed by atoms with E-state index in [4.69, 9.17) is 4.84 Å². The highest BCUT2D eigenvalue weighted by Gasteiger charge is 2.15. The number of hydrogen-bond acceptors (Lipinski definition) is 4. The zero-order valence-corrected chi connectivity index (χ0v) is 10.6. The molecule has 5 heteroatoms. The number of nitrogens with zero attached hydrogens (tertiary/aromatic N) is 2. The third-order valence-corrected chi connectivity index (χ3v) is 2.58. The molecule has 0 spiro atoms. The second-order valence-corrected chi connectivity index (χ2v) is 3.72. The number of aromatic nitrogens is 1. The van der Waals surface area contributed by atoms with E-state index in [1.165, 1.54) is 4.57 Å². The predicted molar refractivity (Wildman–Crippen MR) is 66.5 cm³/mol. The highest BCUT2D eigenvalue weighted by atomic mass is 16.6. The van der Waals surface area contributed by atoms with E-state index in [-0.39, 0.29) is 16.9 Å². The van der Waals surface area contributed by atoms with Crippen LogP contribution in [0.3, 0.4) is 0 Å². The number of hydrogen-bond donors (Lipinski definition) is 1. The molecule has 94 valence electrons. The molecule has 1 aromatic rings. The quantitative estimate of drug-likeness (QED) is 0.639. The molecule has 0 radical (unpaired) electrons. The first-order chi connectivity index (χ1) is 8.02. The first-order valence-electron chi connectivity index (χ1n) is 5.61. The molecule has 0 saturated heterocycles. The van der Waals surface area contributed by atoms with E-state index in [9.17, 15) is 9.90 Å². The molecule has 0 saturated carbocycles. The number of aromatic hydroxyl groups is 1. The molecule has 0 aromatic carbocycles. The predicted octanol–water partition coefficient (Wildman–Crippen LogP) is 1.55. The zero-order chi connectivity index (χ0) is 13.0. The molecule has 0 aliphatic carbocycles. The van der Waals surface area contributed by atoms with Crippen molar-refractivity contribution in [3.63, 3.8) is 0 Å². The Bertz CT molecular complexity index is 489. The van der Waals surface area contributed by atoms with Crippen LogP contribution in [0.1, 0.15) is 31.5 Å². The Balaban J connectivity index is 3.40. The van der Waals surface area contributed by atoms with Crippen molar-refractivity contribution in [1.29, 1.82) is 0 Å². The summed E-state index contributed by atoms with van der Waals surface area (Å²) in [6, 6.07) is 1.55. The summed E-state index contributed by atoms with van der Waals surface area (Å²) in [5.41, 5.74) is 1.12. The van der Waals surface area contributed by atoms with Crippen LogP contribution < -0.4 is 5.56 Å². The Morgan fingerprint density at radius 3 is 2.71 bits per heavy atom. The van der Waals surface area contributed by atoms with Gasteiger partial charge in [0.15, 0.2) is 0 Å². The van der Waals surface area contributed by atoms with Crippen molar-refractivity contribution in [3.8, 4) is 5.75 Å². The molecule has 0 fully saturated rings. The van der Waals surface area contributed by atoms with Crippen molar-refractivity contribution >= 4 is 5.71 Å². The van der Waals surface area contributed by atoms with E-state index in [1.54, 1.807) is 20.0 Å². The normalized spacial score (nSPS) is 11.6. The molecular formula is C12H18N2O3. The summed E-state index contributed by atoms with van der Waals surface area (Å²) < 4.78 is 1.48. The molecule has 0 amide bonds. The first-order valence-corrected chi connectivity index (χ1v) is 5.61. The van der Waals surface area contributed by atoms with Crippen LogP contribution in [0.4, 0.5) is 0 Å². The third-order valence-electron chi connectivity index (χ3n) is 2.58. The summed E-state index contributed by atoms with van der Waals surface area (Å²) in [6.07, 6.45) is 0.520. The molecule has 1 rings (SSSR count). The van der Waals surface area contributed by atoms with E-state index in [2.05, 4.69) is 5.16 Å². The molecule has 0 bridgehead atoms. The average Bonchev–Trinajstić information content (AvgIpc) is 2.30. The minimum atomic E-state index is -0.261. The zero-order valence-electron chi connectivity index (χ0n) is 10.6. The SMILES string of the molecule is CCON=C(CC)c1c(O)cc(C)n(C)c1=O. The molecule has 5 nitrogen and oxygen atoms in total. The van der Waals surface area contributed by atoms with Gasteiger partial charge in [-0.25, -0.2) is 0 Å². The van der Waals surface area contributed by atoms with Crippen molar-refractivity contribution in [3.05, 3.63) is 27.7 Å². The van der Waals surface area contributed by atoms with Gasteiger partial charge in [-0.2, -0.15) is 0 Å². The van der Waals surface area contributed by atoms with Crippen LogP contribution in [-0.2, 0) is 11.9 Å². The minimum absolute atomic E-state index is 0.0501. The molecule has 0 atom stereocenters. The van der Waals surface area contributed by atoms with E-state index >= 15 is 0 Å². The van der Waals surface area contributed by atoms with Crippen molar-refractivity contribution in [2.24, 2.45) is 12.2 Å². The van der Waals surface area contributed by atoms with Gasteiger partial charge in [0.05, 0.1) is 5.71 Å². The fourth-order valence-electron chi connectivity index (χ4n) is 1.50. The van der Waals surface area contributed by atoms with Gasteiger partial charge in [-0.1, -0.05) is 12.1 Å². The number of aryl methyl sites for hydroxylation is 1.